The Hall–Kier alpha value is -0.930. The van der Waals surface area contributed by atoms with Gasteiger partial charge < -0.3 is 10.2 Å². The number of hydrogen-bond donors (Lipinski definition) is 1. The molecule has 0 aliphatic rings. The Kier molecular flexibility index (Phi) is 7.33. The number of nitrogens with one attached hydrogen (secondary N) is 1. The minimum absolute atomic E-state index is 0.155. The van der Waals surface area contributed by atoms with Crippen molar-refractivity contribution in [1.82, 2.24) is 10.2 Å². The standard InChI is InChI=1S/C18H31FN2/c1-6-18(4,13-20-11-15(2)3)14-21(5)12-16-8-7-9-17(19)10-16/h7-10,15,20H,6,11-14H2,1-5H3. The van der Waals surface area contributed by atoms with Crippen molar-refractivity contribution in [1.29, 1.82) is 0 Å². The van der Waals surface area contributed by atoms with Crippen molar-refractivity contribution in [2.24, 2.45) is 11.3 Å². The molecule has 0 aromatic heterocycles. The highest BCUT2D eigenvalue weighted by Gasteiger charge is 2.23. The molecule has 1 aromatic rings. The van der Waals surface area contributed by atoms with E-state index in [0.717, 1.165) is 38.2 Å². The predicted molar refractivity (Wildman–Crippen MR) is 88.8 cm³/mol. The van der Waals surface area contributed by atoms with Crippen LogP contribution in [0.5, 0.6) is 0 Å². The van der Waals surface area contributed by atoms with Gasteiger partial charge in [0.1, 0.15) is 5.82 Å². The Morgan fingerprint density at radius 2 is 2.05 bits per heavy atom. The molecule has 0 saturated heterocycles. The molecule has 1 rings (SSSR count). The van der Waals surface area contributed by atoms with Crippen LogP contribution in [0.3, 0.4) is 0 Å². The fourth-order valence-corrected chi connectivity index (χ4v) is 2.61. The maximum atomic E-state index is 13.2. The van der Waals surface area contributed by atoms with Crippen molar-refractivity contribution < 1.29 is 4.39 Å². The monoisotopic (exact) mass is 294 g/mol. The van der Waals surface area contributed by atoms with Gasteiger partial charge in [-0.25, -0.2) is 4.39 Å². The van der Waals surface area contributed by atoms with Gasteiger partial charge in [-0.1, -0.05) is 39.8 Å². The van der Waals surface area contributed by atoms with Gasteiger partial charge in [0.05, 0.1) is 0 Å². The van der Waals surface area contributed by atoms with Crippen molar-refractivity contribution in [2.45, 2.75) is 40.7 Å². The molecular weight excluding hydrogens is 263 g/mol. The lowest BCUT2D eigenvalue weighted by molar-refractivity contribution is 0.174. The summed E-state index contributed by atoms with van der Waals surface area (Å²) in [6, 6.07) is 6.88. The van der Waals surface area contributed by atoms with Crippen LogP contribution in [-0.2, 0) is 6.54 Å². The average molecular weight is 294 g/mol. The Morgan fingerprint density at radius 1 is 1.33 bits per heavy atom. The van der Waals surface area contributed by atoms with E-state index in [4.69, 9.17) is 0 Å². The van der Waals surface area contributed by atoms with Gasteiger partial charge in [-0.05, 0) is 49.0 Å². The molecule has 1 unspecified atom stereocenters. The molecule has 0 saturated carbocycles. The first-order valence-electron chi connectivity index (χ1n) is 7.98. The van der Waals surface area contributed by atoms with Crippen molar-refractivity contribution in [3.8, 4) is 0 Å². The van der Waals surface area contributed by atoms with Crippen LogP contribution in [0, 0.1) is 17.2 Å². The molecule has 0 aliphatic heterocycles. The van der Waals surface area contributed by atoms with Gasteiger partial charge in [-0.2, -0.15) is 0 Å². The second kappa shape index (κ2) is 8.50. The van der Waals surface area contributed by atoms with Gasteiger partial charge in [0.2, 0.25) is 0 Å². The smallest absolute Gasteiger partial charge is 0.123 e. The van der Waals surface area contributed by atoms with Crippen LogP contribution >= 0.6 is 0 Å². The molecule has 0 aliphatic carbocycles. The van der Waals surface area contributed by atoms with Crippen molar-refractivity contribution in [3.63, 3.8) is 0 Å². The van der Waals surface area contributed by atoms with E-state index in [1.54, 1.807) is 12.1 Å². The van der Waals surface area contributed by atoms with E-state index in [1.807, 2.05) is 6.07 Å². The van der Waals surface area contributed by atoms with Crippen LogP contribution in [0.2, 0.25) is 0 Å². The fourth-order valence-electron chi connectivity index (χ4n) is 2.61. The predicted octanol–water partition coefficient (Wildman–Crippen LogP) is 3.92. The fraction of sp³-hybridized carbons (Fsp3) is 0.667. The number of halogens is 1. The summed E-state index contributed by atoms with van der Waals surface area (Å²) in [6.45, 7) is 12.9. The van der Waals surface area contributed by atoms with Crippen LogP contribution in [0.4, 0.5) is 4.39 Å². The van der Waals surface area contributed by atoms with Crippen molar-refractivity contribution >= 4 is 0 Å². The molecule has 1 atom stereocenters. The third-order valence-electron chi connectivity index (χ3n) is 3.95. The summed E-state index contributed by atoms with van der Waals surface area (Å²) in [6.07, 6.45) is 1.13. The molecule has 1 N–H and O–H groups in total. The first-order chi connectivity index (χ1) is 9.84. The molecule has 0 radical (unpaired) electrons. The zero-order valence-electron chi connectivity index (χ0n) is 14.2. The highest BCUT2D eigenvalue weighted by Crippen LogP contribution is 2.22. The second-order valence-electron chi connectivity index (χ2n) is 6.99. The largest absolute Gasteiger partial charge is 0.316 e. The van der Waals surface area contributed by atoms with Crippen LogP contribution in [0.15, 0.2) is 24.3 Å². The van der Waals surface area contributed by atoms with E-state index in [2.05, 4.69) is 45.0 Å². The zero-order valence-corrected chi connectivity index (χ0v) is 14.2. The summed E-state index contributed by atoms with van der Waals surface area (Å²) in [5, 5.41) is 3.57. The molecule has 3 heteroatoms. The molecule has 120 valence electrons. The van der Waals surface area contributed by atoms with Gasteiger partial charge in [0.25, 0.3) is 0 Å². The van der Waals surface area contributed by atoms with E-state index in [1.165, 1.54) is 6.07 Å². The molecule has 21 heavy (non-hydrogen) atoms. The summed E-state index contributed by atoms with van der Waals surface area (Å²) < 4.78 is 13.2. The first-order valence-corrected chi connectivity index (χ1v) is 7.98. The minimum atomic E-state index is -0.155. The van der Waals surface area contributed by atoms with Gasteiger partial charge in [-0.15, -0.1) is 0 Å². The number of benzene rings is 1. The lowest BCUT2D eigenvalue weighted by Gasteiger charge is -2.33. The molecular formula is C18H31FN2. The summed E-state index contributed by atoms with van der Waals surface area (Å²) >= 11 is 0. The summed E-state index contributed by atoms with van der Waals surface area (Å²) in [4.78, 5) is 2.29. The van der Waals surface area contributed by atoms with E-state index < -0.39 is 0 Å². The Bertz CT molecular complexity index is 419. The Labute approximate surface area is 129 Å². The van der Waals surface area contributed by atoms with Crippen LogP contribution in [0.25, 0.3) is 0 Å². The lowest BCUT2D eigenvalue weighted by atomic mass is 9.86. The second-order valence-corrected chi connectivity index (χ2v) is 6.99. The lowest BCUT2D eigenvalue weighted by Crippen LogP contribution is -2.41. The normalized spacial score (nSPS) is 14.7. The van der Waals surface area contributed by atoms with E-state index >= 15 is 0 Å². The third-order valence-corrected chi connectivity index (χ3v) is 3.95. The van der Waals surface area contributed by atoms with E-state index in [0.29, 0.717) is 5.92 Å². The maximum absolute atomic E-state index is 13.2. The average Bonchev–Trinajstić information content (AvgIpc) is 2.38. The Balaban J connectivity index is 2.51. The van der Waals surface area contributed by atoms with Crippen LogP contribution in [-0.4, -0.2) is 31.6 Å². The third kappa shape index (κ3) is 7.05. The van der Waals surface area contributed by atoms with E-state index in [-0.39, 0.29) is 11.2 Å². The van der Waals surface area contributed by atoms with Crippen molar-refractivity contribution in [3.05, 3.63) is 35.6 Å². The number of rotatable bonds is 9. The molecule has 1 aromatic carbocycles. The summed E-state index contributed by atoms with van der Waals surface area (Å²) in [5.41, 5.74) is 1.28. The van der Waals surface area contributed by atoms with E-state index in [9.17, 15) is 4.39 Å². The zero-order chi connectivity index (χ0) is 15.9. The maximum Gasteiger partial charge on any atom is 0.123 e. The molecule has 0 amide bonds. The van der Waals surface area contributed by atoms with Gasteiger partial charge in [0, 0.05) is 19.6 Å². The molecule has 0 heterocycles. The van der Waals surface area contributed by atoms with Crippen LogP contribution < -0.4 is 5.32 Å². The number of hydrogen-bond acceptors (Lipinski definition) is 2. The Morgan fingerprint density at radius 3 is 2.62 bits per heavy atom. The van der Waals surface area contributed by atoms with Crippen molar-refractivity contribution in [2.75, 3.05) is 26.7 Å². The molecule has 0 spiro atoms. The molecule has 2 nitrogen and oxygen atoms in total. The minimum Gasteiger partial charge on any atom is -0.316 e. The highest BCUT2D eigenvalue weighted by atomic mass is 19.1. The van der Waals surface area contributed by atoms with Crippen LogP contribution in [0.1, 0.15) is 39.7 Å². The topological polar surface area (TPSA) is 15.3 Å². The van der Waals surface area contributed by atoms with Gasteiger partial charge in [-0.3, -0.25) is 0 Å². The summed E-state index contributed by atoms with van der Waals surface area (Å²) in [5.74, 6) is 0.522. The summed E-state index contributed by atoms with van der Waals surface area (Å²) in [7, 11) is 2.11. The molecule has 0 fully saturated rings. The highest BCUT2D eigenvalue weighted by molar-refractivity contribution is 5.16. The molecule has 0 bridgehead atoms. The number of nitrogens with zero attached hydrogens (tertiary/aromatic N) is 1. The quantitative estimate of drug-likeness (QED) is 0.742. The van der Waals surface area contributed by atoms with Gasteiger partial charge >= 0.3 is 0 Å². The van der Waals surface area contributed by atoms with Gasteiger partial charge in [0.15, 0.2) is 0 Å². The SMILES string of the molecule is CCC(C)(CNCC(C)C)CN(C)Cc1cccc(F)c1. The first kappa shape index (κ1) is 18.1.